The maximum Gasteiger partial charge on any atom is 0.0786 e. The van der Waals surface area contributed by atoms with Crippen molar-refractivity contribution in [2.24, 2.45) is 0 Å². The zero-order valence-electron chi connectivity index (χ0n) is 14.5. The number of carboxylic acid groups (broad SMARTS) is 1. The highest BCUT2D eigenvalue weighted by atomic mass is 16.4. The van der Waals surface area contributed by atoms with Crippen LogP contribution in [0.4, 0.5) is 0 Å². The summed E-state index contributed by atoms with van der Waals surface area (Å²) in [5.41, 5.74) is 0. The van der Waals surface area contributed by atoms with E-state index in [4.69, 9.17) is 9.90 Å². The molecule has 0 atom stereocenters. The van der Waals surface area contributed by atoms with E-state index < -0.39 is 5.97 Å². The van der Waals surface area contributed by atoms with Crippen LogP contribution in [0.2, 0.25) is 0 Å². The lowest BCUT2D eigenvalue weighted by Gasteiger charge is -2.35. The summed E-state index contributed by atoms with van der Waals surface area (Å²) >= 11 is 0. The molecule has 0 spiro atoms. The number of rotatable bonds is 11. The van der Waals surface area contributed by atoms with Gasteiger partial charge >= 0.3 is 0 Å². The SMILES string of the molecule is CC(=O)[O-].CCCCCCCCC[N+](CC)(CC)CC. The molecule has 0 aromatic rings. The van der Waals surface area contributed by atoms with Gasteiger partial charge in [-0.3, -0.25) is 0 Å². The van der Waals surface area contributed by atoms with Crippen LogP contribution in [0, 0.1) is 0 Å². The third kappa shape index (κ3) is 13.9. The molecule has 0 aromatic heterocycles. The quantitative estimate of drug-likeness (QED) is 0.432. The highest BCUT2D eigenvalue weighted by molar-refractivity contribution is 5.60. The van der Waals surface area contributed by atoms with Gasteiger partial charge in [-0.2, -0.15) is 0 Å². The summed E-state index contributed by atoms with van der Waals surface area (Å²) in [5, 5.41) is 8.89. The predicted octanol–water partition coefficient (Wildman–Crippen LogP) is 3.37. The molecule has 0 fully saturated rings. The Morgan fingerprint density at radius 3 is 1.50 bits per heavy atom. The summed E-state index contributed by atoms with van der Waals surface area (Å²) in [6.45, 7) is 15.6. The molecule has 0 amide bonds. The van der Waals surface area contributed by atoms with Crippen LogP contribution in [-0.4, -0.2) is 36.6 Å². The van der Waals surface area contributed by atoms with E-state index >= 15 is 0 Å². The van der Waals surface area contributed by atoms with E-state index in [1.807, 2.05) is 0 Å². The average molecular weight is 287 g/mol. The van der Waals surface area contributed by atoms with Crippen molar-refractivity contribution in [1.29, 1.82) is 0 Å². The molecule has 0 N–H and O–H groups in total. The molecule has 0 radical (unpaired) electrons. The second kappa shape index (κ2) is 14.8. The molecule has 0 bridgehead atoms. The molecule has 0 heterocycles. The van der Waals surface area contributed by atoms with Gasteiger partial charge in [0.1, 0.15) is 0 Å². The fourth-order valence-corrected chi connectivity index (χ4v) is 2.55. The number of carboxylic acids is 1. The molecule has 3 nitrogen and oxygen atoms in total. The number of hydrogen-bond acceptors (Lipinski definition) is 2. The minimum absolute atomic E-state index is 0.972. The zero-order chi connectivity index (χ0) is 15.9. The van der Waals surface area contributed by atoms with Gasteiger partial charge in [0.05, 0.1) is 26.2 Å². The summed E-state index contributed by atoms with van der Waals surface area (Å²) in [6, 6.07) is 0. The first kappa shape index (κ1) is 21.7. The molecule has 0 rings (SSSR count). The van der Waals surface area contributed by atoms with Gasteiger partial charge in [-0.25, -0.2) is 0 Å². The van der Waals surface area contributed by atoms with Crippen LogP contribution in [0.25, 0.3) is 0 Å². The van der Waals surface area contributed by atoms with E-state index in [0.717, 1.165) is 6.92 Å². The largest absolute Gasteiger partial charge is 0.550 e. The van der Waals surface area contributed by atoms with Gasteiger partial charge in [-0.15, -0.1) is 0 Å². The molecule has 20 heavy (non-hydrogen) atoms. The number of aliphatic carboxylic acids is 1. The van der Waals surface area contributed by atoms with Crippen LogP contribution in [0.15, 0.2) is 0 Å². The Balaban J connectivity index is 0. The fraction of sp³-hybridized carbons (Fsp3) is 0.941. The van der Waals surface area contributed by atoms with Gasteiger partial charge in [0, 0.05) is 5.97 Å². The Morgan fingerprint density at radius 1 is 0.800 bits per heavy atom. The van der Waals surface area contributed by atoms with Crippen molar-refractivity contribution in [3.8, 4) is 0 Å². The maximum atomic E-state index is 8.89. The van der Waals surface area contributed by atoms with Crippen molar-refractivity contribution < 1.29 is 14.4 Å². The van der Waals surface area contributed by atoms with E-state index in [0.29, 0.717) is 0 Å². The highest BCUT2D eigenvalue weighted by Crippen LogP contribution is 2.12. The van der Waals surface area contributed by atoms with Crippen LogP contribution in [0.5, 0.6) is 0 Å². The second-order valence-corrected chi connectivity index (χ2v) is 5.63. The number of nitrogens with zero attached hydrogens (tertiary/aromatic N) is 1. The monoisotopic (exact) mass is 287 g/mol. The van der Waals surface area contributed by atoms with E-state index in [-0.39, 0.29) is 0 Å². The van der Waals surface area contributed by atoms with Crippen molar-refractivity contribution in [3.63, 3.8) is 0 Å². The van der Waals surface area contributed by atoms with Crippen molar-refractivity contribution in [2.45, 2.75) is 79.6 Å². The first-order chi connectivity index (χ1) is 9.47. The fourth-order valence-electron chi connectivity index (χ4n) is 2.55. The Morgan fingerprint density at radius 2 is 1.15 bits per heavy atom. The molecule has 122 valence electrons. The van der Waals surface area contributed by atoms with E-state index in [1.54, 1.807) is 0 Å². The van der Waals surface area contributed by atoms with Gasteiger partial charge in [0.2, 0.25) is 0 Å². The maximum absolute atomic E-state index is 8.89. The predicted molar refractivity (Wildman–Crippen MR) is 85.4 cm³/mol. The average Bonchev–Trinajstić information content (AvgIpc) is 2.42. The molecular weight excluding hydrogens is 250 g/mol. The van der Waals surface area contributed by atoms with E-state index in [2.05, 4.69) is 27.7 Å². The van der Waals surface area contributed by atoms with Crippen molar-refractivity contribution in [3.05, 3.63) is 0 Å². The molecule has 0 aromatic carbocycles. The third-order valence-corrected chi connectivity index (χ3v) is 4.25. The van der Waals surface area contributed by atoms with E-state index in [1.165, 1.54) is 75.6 Å². The van der Waals surface area contributed by atoms with Crippen LogP contribution in [0.1, 0.15) is 79.6 Å². The standard InChI is InChI=1S/C15H34N.C2H4O2/c1-5-9-10-11-12-13-14-15-16(6-2,7-3)8-4;1-2(3)4/h5-15H2,1-4H3;1H3,(H,3,4)/q+1;/p-1. The molecule has 0 unspecified atom stereocenters. The third-order valence-electron chi connectivity index (χ3n) is 4.25. The van der Waals surface area contributed by atoms with Crippen LogP contribution < -0.4 is 5.11 Å². The van der Waals surface area contributed by atoms with Crippen molar-refractivity contribution in [2.75, 3.05) is 26.2 Å². The number of quaternary nitrogens is 1. The van der Waals surface area contributed by atoms with Gasteiger partial charge in [-0.1, -0.05) is 39.0 Å². The normalized spacial score (nSPS) is 10.8. The molecule has 0 aliphatic rings. The lowest BCUT2D eigenvalue weighted by molar-refractivity contribution is -0.923. The van der Waals surface area contributed by atoms with Gasteiger partial charge < -0.3 is 14.4 Å². The molecular formula is C17H37NO2. The Kier molecular flexibility index (Phi) is 16.1. The van der Waals surface area contributed by atoms with Gasteiger partial charge in [0.25, 0.3) is 0 Å². The lowest BCUT2D eigenvalue weighted by atomic mass is 10.1. The summed E-state index contributed by atoms with van der Waals surface area (Å²) < 4.78 is 1.33. The van der Waals surface area contributed by atoms with E-state index in [9.17, 15) is 0 Å². The summed E-state index contributed by atoms with van der Waals surface area (Å²) in [6.07, 6.45) is 10.0. The number of hydrogen-bond donors (Lipinski definition) is 0. The van der Waals surface area contributed by atoms with Crippen LogP contribution >= 0.6 is 0 Å². The Hall–Kier alpha value is -0.570. The minimum Gasteiger partial charge on any atom is -0.550 e. The summed E-state index contributed by atoms with van der Waals surface area (Å²) in [7, 11) is 0. The molecule has 0 aliphatic heterocycles. The molecule has 0 saturated carbocycles. The number of carbonyl (C=O) groups excluding carboxylic acids is 1. The summed E-state index contributed by atoms with van der Waals surface area (Å²) in [4.78, 5) is 8.89. The minimum atomic E-state index is -1.08. The zero-order valence-corrected chi connectivity index (χ0v) is 14.5. The van der Waals surface area contributed by atoms with Crippen molar-refractivity contribution >= 4 is 5.97 Å². The topological polar surface area (TPSA) is 40.1 Å². The molecule has 0 saturated heterocycles. The van der Waals surface area contributed by atoms with Crippen molar-refractivity contribution in [1.82, 2.24) is 0 Å². The van der Waals surface area contributed by atoms with Crippen LogP contribution in [-0.2, 0) is 4.79 Å². The second-order valence-electron chi connectivity index (χ2n) is 5.63. The lowest BCUT2D eigenvalue weighted by Crippen LogP contribution is -2.48. The van der Waals surface area contributed by atoms with Gasteiger partial charge in [-0.05, 0) is 40.5 Å². The Labute approximate surface area is 127 Å². The first-order valence-corrected chi connectivity index (χ1v) is 8.50. The number of carbonyl (C=O) groups is 1. The number of unbranched alkanes of at least 4 members (excludes halogenated alkanes) is 6. The first-order valence-electron chi connectivity index (χ1n) is 8.50. The van der Waals surface area contributed by atoms with Crippen LogP contribution in [0.3, 0.4) is 0 Å². The molecule has 3 heteroatoms. The Bertz CT molecular complexity index is 201. The highest BCUT2D eigenvalue weighted by Gasteiger charge is 2.19. The molecule has 0 aliphatic carbocycles. The van der Waals surface area contributed by atoms with Gasteiger partial charge in [0.15, 0.2) is 0 Å². The smallest absolute Gasteiger partial charge is 0.0786 e. The summed E-state index contributed by atoms with van der Waals surface area (Å²) in [5.74, 6) is -1.08.